The van der Waals surface area contributed by atoms with Gasteiger partial charge < -0.3 is 20.9 Å². The molecule has 0 fully saturated rings. The molecule has 1 heterocycles. The maximum atomic E-state index is 12.4. The second kappa shape index (κ2) is 11.8. The van der Waals surface area contributed by atoms with Gasteiger partial charge in [-0.05, 0) is 48.9 Å². The maximum absolute atomic E-state index is 12.4. The van der Waals surface area contributed by atoms with Crippen molar-refractivity contribution in [3.05, 3.63) is 89.0 Å². The Hall–Kier alpha value is -3.97. The minimum absolute atomic E-state index is 0.351. The van der Waals surface area contributed by atoms with Gasteiger partial charge in [0.15, 0.2) is 0 Å². The Bertz CT molecular complexity index is 1170. The van der Waals surface area contributed by atoms with E-state index in [0.717, 1.165) is 29.1 Å². The van der Waals surface area contributed by atoms with Crippen LogP contribution in [0.15, 0.2) is 60.9 Å². The lowest BCUT2D eigenvalue weighted by atomic mass is 10.1. The highest BCUT2D eigenvalue weighted by Crippen LogP contribution is 2.07. The first-order valence-electron chi connectivity index (χ1n) is 10.8. The summed E-state index contributed by atoms with van der Waals surface area (Å²) in [6.45, 7) is 2.98. The average Bonchev–Trinajstić information content (AvgIpc) is 3.26. The number of hydrogen-bond acceptors (Lipinski definition) is 6. The molecule has 9 heteroatoms. The number of hydroxylamine groups is 1. The molecule has 6 N–H and O–H groups in total. The van der Waals surface area contributed by atoms with Crippen LogP contribution in [0.3, 0.4) is 0 Å². The number of aryl methyl sites for hydroxylation is 1. The Morgan fingerprint density at radius 2 is 1.68 bits per heavy atom. The normalized spacial score (nSPS) is 12.2. The molecule has 0 radical (unpaired) electrons. The molecule has 2 aromatic carbocycles. The van der Waals surface area contributed by atoms with E-state index in [1.807, 2.05) is 42.1 Å². The van der Waals surface area contributed by atoms with Crippen LogP contribution >= 0.6 is 0 Å². The average molecular weight is 461 g/mol. The van der Waals surface area contributed by atoms with Gasteiger partial charge in [-0.25, -0.2) is 10.5 Å². The van der Waals surface area contributed by atoms with E-state index < -0.39 is 23.9 Å². The van der Waals surface area contributed by atoms with Crippen molar-refractivity contribution in [2.24, 2.45) is 12.8 Å². The number of nitrogens with zero attached hydrogens (tertiary/aromatic N) is 2. The van der Waals surface area contributed by atoms with Gasteiger partial charge in [-0.2, -0.15) is 0 Å². The molecule has 0 aliphatic carbocycles. The fourth-order valence-corrected chi connectivity index (χ4v) is 3.17. The Labute approximate surface area is 198 Å². The van der Waals surface area contributed by atoms with E-state index >= 15 is 0 Å². The third-order valence-electron chi connectivity index (χ3n) is 5.19. The molecule has 0 saturated heterocycles. The number of carbonyl (C=O) groups excluding carboxylic acids is 2. The summed E-state index contributed by atoms with van der Waals surface area (Å²) in [5.74, 6) is 5.92. The third-order valence-corrected chi connectivity index (χ3v) is 5.19. The van der Waals surface area contributed by atoms with Crippen molar-refractivity contribution in [3.8, 4) is 11.8 Å². The van der Waals surface area contributed by atoms with Crippen LogP contribution in [0.4, 0.5) is 0 Å². The van der Waals surface area contributed by atoms with Crippen LogP contribution in [0, 0.1) is 11.8 Å². The second-order valence-electron chi connectivity index (χ2n) is 7.87. The van der Waals surface area contributed by atoms with Gasteiger partial charge in [0.25, 0.3) is 11.8 Å². The lowest BCUT2D eigenvalue weighted by Crippen LogP contribution is -2.54. The summed E-state index contributed by atoms with van der Waals surface area (Å²) in [5, 5.41) is 14.7. The molecular weight excluding hydrogens is 432 g/mol. The summed E-state index contributed by atoms with van der Waals surface area (Å²) in [6, 6.07) is 12.9. The quantitative estimate of drug-likeness (QED) is 0.194. The third kappa shape index (κ3) is 6.76. The van der Waals surface area contributed by atoms with Gasteiger partial charge in [-0.3, -0.25) is 14.8 Å². The number of amides is 2. The van der Waals surface area contributed by atoms with Crippen LogP contribution in [0.5, 0.6) is 0 Å². The number of aromatic nitrogens is 2. The summed E-state index contributed by atoms with van der Waals surface area (Å²) in [4.78, 5) is 28.3. The number of benzene rings is 2. The van der Waals surface area contributed by atoms with E-state index in [1.165, 1.54) is 5.48 Å². The van der Waals surface area contributed by atoms with Crippen LogP contribution in [-0.2, 0) is 24.9 Å². The Morgan fingerprint density at radius 1 is 1.06 bits per heavy atom. The van der Waals surface area contributed by atoms with Gasteiger partial charge in [-0.15, -0.1) is 0 Å². The smallest absolute Gasteiger partial charge is 0.267 e. The molecule has 176 valence electrons. The van der Waals surface area contributed by atoms with Crippen LogP contribution < -0.4 is 21.8 Å². The fourth-order valence-electron chi connectivity index (χ4n) is 3.17. The molecule has 2 amide bonds. The lowest BCUT2D eigenvalue weighted by molar-refractivity contribution is -0.131. The molecule has 0 saturated carbocycles. The Balaban J connectivity index is 1.55. The van der Waals surface area contributed by atoms with Crippen LogP contribution in [-0.4, -0.2) is 38.7 Å². The van der Waals surface area contributed by atoms with Crippen molar-refractivity contribution in [2.45, 2.75) is 32.1 Å². The molecule has 0 aliphatic rings. The summed E-state index contributed by atoms with van der Waals surface area (Å²) in [6.07, 6.45) is 3.70. The predicted octanol–water partition coefficient (Wildman–Crippen LogP) is 1.06. The summed E-state index contributed by atoms with van der Waals surface area (Å²) in [7, 11) is 1.97. The Morgan fingerprint density at radius 3 is 2.21 bits per heavy atom. The standard InChI is InChI=1S/C25H28N6O3/c1-17(26)23(25(33)30-34)29-24(32)21-11-9-19(10-12-21)4-3-18-5-7-20(8-6-18)15-27-16-22-28-13-14-31(22)2/h5-14,17,23,27,34H,15-16,26H2,1-2H3,(H,29,32)(H,30,33)/t17-,23+/m1/s1. The molecule has 3 rings (SSSR count). The highest BCUT2D eigenvalue weighted by molar-refractivity contribution is 5.97. The highest BCUT2D eigenvalue weighted by Gasteiger charge is 2.24. The minimum Gasteiger partial charge on any atom is -0.339 e. The molecule has 9 nitrogen and oxygen atoms in total. The van der Waals surface area contributed by atoms with Gasteiger partial charge in [0, 0.05) is 48.7 Å². The SMILES string of the molecule is C[C@@H](N)[C@H](NC(=O)c1ccc(C#Cc2ccc(CNCc3nccn3C)cc2)cc1)C(=O)NO. The molecule has 0 bridgehead atoms. The van der Waals surface area contributed by atoms with E-state index in [0.29, 0.717) is 12.1 Å². The molecule has 0 aliphatic heterocycles. The van der Waals surface area contributed by atoms with Crippen molar-refractivity contribution < 1.29 is 14.8 Å². The fraction of sp³-hybridized carbons (Fsp3) is 0.240. The van der Waals surface area contributed by atoms with E-state index in [1.54, 1.807) is 37.4 Å². The van der Waals surface area contributed by atoms with Gasteiger partial charge in [-0.1, -0.05) is 24.0 Å². The summed E-state index contributed by atoms with van der Waals surface area (Å²) >= 11 is 0. The first kappa shape index (κ1) is 24.7. The summed E-state index contributed by atoms with van der Waals surface area (Å²) < 4.78 is 1.98. The zero-order valence-electron chi connectivity index (χ0n) is 19.1. The predicted molar refractivity (Wildman–Crippen MR) is 127 cm³/mol. The Kier molecular flexibility index (Phi) is 8.54. The zero-order valence-corrected chi connectivity index (χ0v) is 19.1. The topological polar surface area (TPSA) is 134 Å². The van der Waals surface area contributed by atoms with Gasteiger partial charge >= 0.3 is 0 Å². The van der Waals surface area contributed by atoms with Crippen molar-refractivity contribution in [2.75, 3.05) is 0 Å². The first-order chi connectivity index (χ1) is 16.4. The molecule has 1 aromatic heterocycles. The zero-order chi connectivity index (χ0) is 24.5. The van der Waals surface area contributed by atoms with Crippen LogP contribution in [0.25, 0.3) is 0 Å². The van der Waals surface area contributed by atoms with E-state index in [2.05, 4.69) is 27.5 Å². The van der Waals surface area contributed by atoms with Crippen LogP contribution in [0.1, 0.15) is 39.8 Å². The number of nitrogens with two attached hydrogens (primary N) is 1. The molecular formula is C25H28N6O3. The number of imidazole rings is 1. The lowest BCUT2D eigenvalue weighted by Gasteiger charge is -2.20. The second-order valence-corrected chi connectivity index (χ2v) is 7.87. The maximum Gasteiger partial charge on any atom is 0.267 e. The van der Waals surface area contributed by atoms with Crippen molar-refractivity contribution in [3.63, 3.8) is 0 Å². The number of carbonyl (C=O) groups is 2. The number of hydrogen-bond donors (Lipinski definition) is 5. The molecule has 2 atom stereocenters. The monoisotopic (exact) mass is 460 g/mol. The number of nitrogens with one attached hydrogen (secondary N) is 3. The van der Waals surface area contributed by atoms with E-state index in [4.69, 9.17) is 10.9 Å². The van der Waals surface area contributed by atoms with E-state index in [-0.39, 0.29) is 0 Å². The van der Waals surface area contributed by atoms with Gasteiger partial charge in [0.2, 0.25) is 0 Å². The highest BCUT2D eigenvalue weighted by atomic mass is 16.5. The first-order valence-corrected chi connectivity index (χ1v) is 10.8. The van der Waals surface area contributed by atoms with Crippen molar-refractivity contribution in [1.29, 1.82) is 0 Å². The molecule has 0 spiro atoms. The van der Waals surface area contributed by atoms with Gasteiger partial charge in [0.05, 0.1) is 6.54 Å². The van der Waals surface area contributed by atoms with Gasteiger partial charge in [0.1, 0.15) is 11.9 Å². The molecule has 34 heavy (non-hydrogen) atoms. The largest absolute Gasteiger partial charge is 0.339 e. The molecule has 0 unspecified atom stereocenters. The van der Waals surface area contributed by atoms with Crippen molar-refractivity contribution >= 4 is 11.8 Å². The van der Waals surface area contributed by atoms with Crippen molar-refractivity contribution in [1.82, 2.24) is 25.7 Å². The number of rotatable bonds is 8. The summed E-state index contributed by atoms with van der Waals surface area (Å²) in [5.41, 5.74) is 10.3. The minimum atomic E-state index is -1.05. The van der Waals surface area contributed by atoms with E-state index in [9.17, 15) is 9.59 Å². The molecule has 3 aromatic rings. The van der Waals surface area contributed by atoms with Crippen LogP contribution in [0.2, 0.25) is 0 Å².